The molecule has 1 fully saturated rings. The smallest absolute Gasteiger partial charge is 0.230 e. The van der Waals surface area contributed by atoms with Crippen molar-refractivity contribution in [2.24, 2.45) is 0 Å². The largest absolute Gasteiger partial charge is 0.490 e. The summed E-state index contributed by atoms with van der Waals surface area (Å²) < 4.78 is 6.23. The second kappa shape index (κ2) is 7.38. The number of carbonyl (C=O) groups excluding carboxylic acids is 1. The summed E-state index contributed by atoms with van der Waals surface area (Å²) in [7, 11) is 0. The van der Waals surface area contributed by atoms with Crippen LogP contribution in [0.1, 0.15) is 31.4 Å². The molecule has 1 amide bonds. The van der Waals surface area contributed by atoms with E-state index in [4.69, 9.17) is 10.5 Å². The van der Waals surface area contributed by atoms with E-state index in [1.165, 1.54) is 0 Å². The van der Waals surface area contributed by atoms with Crippen molar-refractivity contribution in [1.82, 2.24) is 10.3 Å². The molecular formula is C18H22BrN3O2. The highest BCUT2D eigenvalue weighted by Gasteiger charge is 2.24. The first-order valence-corrected chi connectivity index (χ1v) is 9.37. The molecule has 0 saturated heterocycles. The van der Waals surface area contributed by atoms with Gasteiger partial charge in [-0.1, -0.05) is 22.0 Å². The molecule has 3 N–H and O–H groups in total. The Bertz CT molecular complexity index is 742. The molecule has 6 heteroatoms. The van der Waals surface area contributed by atoms with Crippen LogP contribution in [0, 0.1) is 6.92 Å². The van der Waals surface area contributed by atoms with Gasteiger partial charge >= 0.3 is 0 Å². The van der Waals surface area contributed by atoms with E-state index >= 15 is 0 Å². The molecule has 24 heavy (non-hydrogen) atoms. The Hall–Kier alpha value is -1.82. The molecule has 0 bridgehead atoms. The van der Waals surface area contributed by atoms with Gasteiger partial charge in [0.25, 0.3) is 0 Å². The highest BCUT2D eigenvalue weighted by Crippen LogP contribution is 2.33. The van der Waals surface area contributed by atoms with Crippen molar-refractivity contribution in [3.8, 4) is 5.75 Å². The zero-order valence-corrected chi connectivity index (χ0v) is 15.3. The topological polar surface area (TPSA) is 77.2 Å². The molecule has 1 aromatic carbocycles. The van der Waals surface area contributed by atoms with E-state index in [9.17, 15) is 4.79 Å². The highest BCUT2D eigenvalue weighted by molar-refractivity contribution is 9.09. The maximum Gasteiger partial charge on any atom is 0.230 e. The number of halogens is 1. The molecule has 3 rings (SSSR count). The number of fused-ring (bicyclic) bond motifs is 1. The van der Waals surface area contributed by atoms with E-state index in [-0.39, 0.29) is 18.1 Å². The van der Waals surface area contributed by atoms with E-state index < -0.39 is 0 Å². The van der Waals surface area contributed by atoms with Gasteiger partial charge in [-0.05, 0) is 50.8 Å². The number of aryl methyl sites for hydroxylation is 1. The molecule has 2 aromatic rings. The summed E-state index contributed by atoms with van der Waals surface area (Å²) in [6.45, 7) is 1.94. The maximum absolute atomic E-state index is 11.5. The number of ether oxygens (including phenoxy) is 1. The maximum atomic E-state index is 11.5. The van der Waals surface area contributed by atoms with Gasteiger partial charge in [0.05, 0.1) is 22.3 Å². The van der Waals surface area contributed by atoms with Crippen LogP contribution in [0.3, 0.4) is 0 Å². The predicted molar refractivity (Wildman–Crippen MR) is 99.5 cm³/mol. The Morgan fingerprint density at radius 2 is 2.12 bits per heavy atom. The second-order valence-electron chi connectivity index (χ2n) is 6.30. The van der Waals surface area contributed by atoms with Crippen molar-refractivity contribution >= 4 is 38.4 Å². The zero-order chi connectivity index (χ0) is 17.1. The average Bonchev–Trinajstić information content (AvgIpc) is 2.56. The van der Waals surface area contributed by atoms with E-state index in [0.29, 0.717) is 11.0 Å². The molecule has 1 aliphatic rings. The number of nitrogens with zero attached hydrogens (tertiary/aromatic N) is 1. The minimum atomic E-state index is 0.0441. The van der Waals surface area contributed by atoms with Crippen LogP contribution in [0.2, 0.25) is 0 Å². The summed E-state index contributed by atoms with van der Waals surface area (Å²) in [5.74, 6) is 0.841. The minimum absolute atomic E-state index is 0.0441. The lowest BCUT2D eigenvalue weighted by atomic mass is 9.93. The van der Waals surface area contributed by atoms with E-state index in [1.807, 2.05) is 31.2 Å². The minimum Gasteiger partial charge on any atom is -0.490 e. The number of hydrogen-bond donors (Lipinski definition) is 2. The third-order valence-electron chi connectivity index (χ3n) is 4.41. The lowest BCUT2D eigenvalue weighted by molar-refractivity contribution is -0.119. The third kappa shape index (κ3) is 3.80. The number of anilines is 1. The summed E-state index contributed by atoms with van der Waals surface area (Å²) in [5, 5.41) is 4.27. The number of nitrogen functional groups attached to an aromatic ring is 1. The number of rotatable bonds is 4. The van der Waals surface area contributed by atoms with Gasteiger partial charge in [0.1, 0.15) is 5.75 Å². The lowest BCUT2D eigenvalue weighted by Gasteiger charge is -2.29. The average molecular weight is 392 g/mol. The van der Waals surface area contributed by atoms with Crippen molar-refractivity contribution in [2.75, 3.05) is 11.1 Å². The molecule has 0 spiro atoms. The third-order valence-corrected chi connectivity index (χ3v) is 4.92. The number of hydrogen-bond acceptors (Lipinski definition) is 4. The Kier molecular flexibility index (Phi) is 5.23. The summed E-state index contributed by atoms with van der Waals surface area (Å²) in [6, 6.07) is 7.98. The molecule has 0 aliphatic heterocycles. The fraction of sp³-hybridized carbons (Fsp3) is 0.444. The van der Waals surface area contributed by atoms with Gasteiger partial charge in [0.2, 0.25) is 5.91 Å². The fourth-order valence-corrected chi connectivity index (χ4v) is 3.45. The SMILES string of the molecule is Cc1cc(N)c2c(OC3CCC(NC(=O)CBr)CC3)cccc2n1. The van der Waals surface area contributed by atoms with E-state index in [0.717, 1.165) is 48.0 Å². The number of amides is 1. The molecule has 0 atom stereocenters. The predicted octanol–water partition coefficient (Wildman–Crippen LogP) is 3.33. The molecule has 1 heterocycles. The van der Waals surface area contributed by atoms with Gasteiger partial charge in [-0.15, -0.1) is 0 Å². The molecule has 1 aromatic heterocycles. The van der Waals surface area contributed by atoms with Crippen molar-refractivity contribution in [1.29, 1.82) is 0 Å². The van der Waals surface area contributed by atoms with Gasteiger partial charge in [-0.3, -0.25) is 9.78 Å². The number of nitrogens with one attached hydrogen (secondary N) is 1. The standard InChI is InChI=1S/C18H22BrN3O2/c1-11-9-14(20)18-15(21-11)3-2-4-16(18)24-13-7-5-12(6-8-13)22-17(23)10-19/h2-4,9,12-13H,5-8,10H2,1H3,(H2,20,21)(H,22,23). The normalized spacial score (nSPS) is 20.8. The van der Waals surface area contributed by atoms with Crippen LogP contribution in [-0.2, 0) is 4.79 Å². The molecule has 0 radical (unpaired) electrons. The Morgan fingerprint density at radius 1 is 1.38 bits per heavy atom. The van der Waals surface area contributed by atoms with Crippen LogP contribution >= 0.6 is 15.9 Å². The molecular weight excluding hydrogens is 370 g/mol. The quantitative estimate of drug-likeness (QED) is 0.783. The van der Waals surface area contributed by atoms with Crippen LogP contribution in [0.5, 0.6) is 5.75 Å². The van der Waals surface area contributed by atoms with Crippen LogP contribution in [0.4, 0.5) is 5.69 Å². The number of alkyl halides is 1. The fourth-order valence-electron chi connectivity index (χ4n) is 3.29. The molecule has 5 nitrogen and oxygen atoms in total. The summed E-state index contributed by atoms with van der Waals surface area (Å²) >= 11 is 3.18. The monoisotopic (exact) mass is 391 g/mol. The van der Waals surface area contributed by atoms with Crippen LogP contribution < -0.4 is 15.8 Å². The van der Waals surface area contributed by atoms with Crippen LogP contribution in [0.15, 0.2) is 24.3 Å². The Labute approximate surface area is 150 Å². The Balaban J connectivity index is 1.70. The summed E-state index contributed by atoms with van der Waals surface area (Å²) in [5.41, 5.74) is 8.65. The van der Waals surface area contributed by atoms with Crippen LogP contribution in [0.25, 0.3) is 10.9 Å². The summed E-state index contributed by atoms with van der Waals surface area (Å²) in [4.78, 5) is 16.0. The Morgan fingerprint density at radius 3 is 2.83 bits per heavy atom. The first kappa shape index (κ1) is 17.0. The summed E-state index contributed by atoms with van der Waals surface area (Å²) in [6.07, 6.45) is 3.85. The van der Waals surface area contributed by atoms with Crippen LogP contribution in [-0.4, -0.2) is 28.4 Å². The van der Waals surface area contributed by atoms with Crippen molar-refractivity contribution in [2.45, 2.75) is 44.8 Å². The first-order valence-electron chi connectivity index (χ1n) is 8.24. The number of nitrogens with two attached hydrogens (primary N) is 1. The number of benzene rings is 1. The van der Waals surface area contributed by atoms with Crippen molar-refractivity contribution < 1.29 is 9.53 Å². The van der Waals surface area contributed by atoms with Gasteiger partial charge in [-0.25, -0.2) is 0 Å². The molecule has 128 valence electrons. The van der Waals surface area contributed by atoms with Gasteiger partial charge < -0.3 is 15.8 Å². The van der Waals surface area contributed by atoms with Gasteiger partial charge in [0.15, 0.2) is 0 Å². The molecule has 1 saturated carbocycles. The first-order chi connectivity index (χ1) is 11.6. The number of aromatic nitrogens is 1. The lowest BCUT2D eigenvalue weighted by Crippen LogP contribution is -2.40. The zero-order valence-electron chi connectivity index (χ0n) is 13.7. The van der Waals surface area contributed by atoms with E-state index in [1.54, 1.807) is 0 Å². The second-order valence-corrected chi connectivity index (χ2v) is 6.86. The highest BCUT2D eigenvalue weighted by atomic mass is 79.9. The van der Waals surface area contributed by atoms with Gasteiger partial charge in [-0.2, -0.15) is 0 Å². The molecule has 1 aliphatic carbocycles. The van der Waals surface area contributed by atoms with Crippen molar-refractivity contribution in [3.63, 3.8) is 0 Å². The number of pyridine rings is 1. The van der Waals surface area contributed by atoms with E-state index in [2.05, 4.69) is 26.2 Å². The van der Waals surface area contributed by atoms with Gasteiger partial charge in [0, 0.05) is 17.4 Å². The van der Waals surface area contributed by atoms with Crippen molar-refractivity contribution in [3.05, 3.63) is 30.0 Å². The molecule has 0 unspecified atom stereocenters. The number of carbonyl (C=O) groups is 1.